The molecule has 0 spiro atoms. The molecule has 1 heterocycles. The highest BCUT2D eigenvalue weighted by molar-refractivity contribution is 7.88. The number of hydrogen-bond acceptors (Lipinski definition) is 7. The van der Waals surface area contributed by atoms with Gasteiger partial charge in [-0.15, -0.1) is 0 Å². The molecule has 0 aromatic carbocycles. The lowest BCUT2D eigenvalue weighted by Gasteiger charge is -2.31. The number of likely N-dealkylation sites (tertiary alicyclic amines) is 1. The standard InChI is InChI=1S/C9H19N5O5S/c1-19-9(15)13-20(17,18)12-7-2-4-14(5-3-7)6-8(10)11-16/h7,12,16H,2-6H2,1H3,(H2,10,11)(H,13,15). The van der Waals surface area contributed by atoms with Gasteiger partial charge in [0.25, 0.3) is 0 Å². The fraction of sp³-hybridized carbons (Fsp3) is 0.778. The van der Waals surface area contributed by atoms with E-state index in [9.17, 15) is 13.2 Å². The molecule has 20 heavy (non-hydrogen) atoms. The topological polar surface area (TPSA) is 146 Å². The van der Waals surface area contributed by atoms with Gasteiger partial charge in [0, 0.05) is 19.1 Å². The average molecular weight is 309 g/mol. The Labute approximate surface area is 117 Å². The number of nitrogens with one attached hydrogen (secondary N) is 2. The third-order valence-corrected chi connectivity index (χ3v) is 3.91. The van der Waals surface area contributed by atoms with Gasteiger partial charge in [-0.1, -0.05) is 5.16 Å². The lowest BCUT2D eigenvalue weighted by atomic mass is 10.1. The Morgan fingerprint density at radius 3 is 2.60 bits per heavy atom. The molecule has 1 rings (SSSR count). The van der Waals surface area contributed by atoms with Crippen molar-refractivity contribution < 1.29 is 23.2 Å². The molecule has 0 aromatic heterocycles. The number of nitrogens with two attached hydrogens (primary N) is 1. The van der Waals surface area contributed by atoms with Gasteiger partial charge < -0.3 is 15.7 Å². The number of ether oxygens (including phenoxy) is 1. The number of amides is 1. The maximum Gasteiger partial charge on any atom is 0.421 e. The van der Waals surface area contributed by atoms with Gasteiger partial charge in [0.05, 0.1) is 13.7 Å². The minimum Gasteiger partial charge on any atom is -0.452 e. The van der Waals surface area contributed by atoms with Crippen LogP contribution in [0.1, 0.15) is 12.8 Å². The fourth-order valence-corrected chi connectivity index (χ4v) is 2.91. The van der Waals surface area contributed by atoms with Gasteiger partial charge in [0.1, 0.15) is 0 Å². The summed E-state index contributed by atoms with van der Waals surface area (Å²) in [6.07, 6.45) is 0.0727. The summed E-state index contributed by atoms with van der Waals surface area (Å²) in [6.45, 7) is 1.53. The number of piperidine rings is 1. The van der Waals surface area contributed by atoms with Gasteiger partial charge in [-0.25, -0.2) is 9.52 Å². The van der Waals surface area contributed by atoms with Crippen LogP contribution in [0.3, 0.4) is 0 Å². The Balaban J connectivity index is 2.40. The number of methoxy groups -OCH3 is 1. The van der Waals surface area contributed by atoms with E-state index in [1.54, 1.807) is 4.72 Å². The van der Waals surface area contributed by atoms with Gasteiger partial charge in [-0.05, 0) is 12.8 Å². The molecule has 116 valence electrons. The second kappa shape index (κ2) is 7.26. The van der Waals surface area contributed by atoms with E-state index in [0.717, 1.165) is 7.11 Å². The third kappa shape index (κ3) is 5.59. The van der Waals surface area contributed by atoms with Gasteiger partial charge >= 0.3 is 16.3 Å². The first-order valence-corrected chi connectivity index (χ1v) is 7.41. The Hall–Kier alpha value is -1.59. The van der Waals surface area contributed by atoms with Crippen LogP contribution in [0.4, 0.5) is 4.79 Å². The van der Waals surface area contributed by atoms with Crippen molar-refractivity contribution in [1.29, 1.82) is 0 Å². The summed E-state index contributed by atoms with van der Waals surface area (Å²) in [5.74, 6) is 0.108. The number of rotatable bonds is 5. The van der Waals surface area contributed by atoms with Crippen molar-refractivity contribution in [1.82, 2.24) is 14.3 Å². The molecule has 0 aliphatic carbocycles. The van der Waals surface area contributed by atoms with E-state index in [0.29, 0.717) is 32.5 Å². The molecule has 0 aromatic rings. The lowest BCUT2D eigenvalue weighted by Crippen LogP contribution is -2.50. The monoisotopic (exact) mass is 309 g/mol. The van der Waals surface area contributed by atoms with E-state index in [-0.39, 0.29) is 11.9 Å². The van der Waals surface area contributed by atoms with Crippen molar-refractivity contribution in [3.05, 3.63) is 0 Å². The predicted molar refractivity (Wildman–Crippen MR) is 70.5 cm³/mol. The zero-order chi connectivity index (χ0) is 15.2. The number of oxime groups is 1. The SMILES string of the molecule is COC(=O)NS(=O)(=O)NC1CCN(CC(N)=NO)CC1. The largest absolute Gasteiger partial charge is 0.452 e. The molecule has 1 aliphatic rings. The highest BCUT2D eigenvalue weighted by Crippen LogP contribution is 2.10. The molecule has 11 heteroatoms. The summed E-state index contributed by atoms with van der Waals surface area (Å²) < 4.78 is 31.4. The van der Waals surface area contributed by atoms with E-state index in [1.807, 2.05) is 4.90 Å². The first-order chi connectivity index (χ1) is 9.36. The quantitative estimate of drug-likeness (QED) is 0.207. The van der Waals surface area contributed by atoms with Crippen LogP contribution in [0.15, 0.2) is 5.16 Å². The van der Waals surface area contributed by atoms with E-state index in [2.05, 4.69) is 14.6 Å². The van der Waals surface area contributed by atoms with Crippen molar-refractivity contribution in [2.75, 3.05) is 26.7 Å². The van der Waals surface area contributed by atoms with E-state index in [1.165, 1.54) is 0 Å². The van der Waals surface area contributed by atoms with Crippen LogP contribution in [0.5, 0.6) is 0 Å². The highest BCUT2D eigenvalue weighted by Gasteiger charge is 2.25. The Kier molecular flexibility index (Phi) is 5.98. The van der Waals surface area contributed by atoms with Crippen LogP contribution in [0.25, 0.3) is 0 Å². The van der Waals surface area contributed by atoms with Crippen molar-refractivity contribution >= 4 is 22.1 Å². The van der Waals surface area contributed by atoms with Crippen LogP contribution < -0.4 is 15.2 Å². The molecule has 0 radical (unpaired) electrons. The molecule has 0 saturated carbocycles. The molecule has 0 unspecified atom stereocenters. The molecule has 1 aliphatic heterocycles. The van der Waals surface area contributed by atoms with E-state index in [4.69, 9.17) is 10.9 Å². The number of nitrogens with zero attached hydrogens (tertiary/aromatic N) is 2. The molecule has 10 nitrogen and oxygen atoms in total. The smallest absolute Gasteiger partial charge is 0.421 e. The van der Waals surface area contributed by atoms with Crippen molar-refractivity contribution in [2.45, 2.75) is 18.9 Å². The van der Waals surface area contributed by atoms with Gasteiger partial charge in [0.15, 0.2) is 5.84 Å². The van der Waals surface area contributed by atoms with Crippen molar-refractivity contribution in [2.24, 2.45) is 10.9 Å². The second-order valence-corrected chi connectivity index (χ2v) is 5.80. The lowest BCUT2D eigenvalue weighted by molar-refractivity contribution is 0.177. The van der Waals surface area contributed by atoms with Crippen molar-refractivity contribution in [3.8, 4) is 0 Å². The maximum absolute atomic E-state index is 11.6. The van der Waals surface area contributed by atoms with Crippen molar-refractivity contribution in [3.63, 3.8) is 0 Å². The normalized spacial score (nSPS) is 18.8. The number of amidine groups is 1. The number of hydrogen-bond donors (Lipinski definition) is 4. The van der Waals surface area contributed by atoms with Gasteiger partial charge in [0.2, 0.25) is 0 Å². The maximum atomic E-state index is 11.6. The van der Waals surface area contributed by atoms with Crippen LogP contribution in [-0.4, -0.2) is 63.2 Å². The zero-order valence-corrected chi connectivity index (χ0v) is 11.9. The second-order valence-electron chi connectivity index (χ2n) is 4.36. The van der Waals surface area contributed by atoms with Crippen LogP contribution >= 0.6 is 0 Å². The molecule has 1 saturated heterocycles. The molecule has 5 N–H and O–H groups in total. The molecule has 0 bridgehead atoms. The number of carbonyl (C=O) groups excluding carboxylic acids is 1. The first-order valence-electron chi connectivity index (χ1n) is 5.93. The van der Waals surface area contributed by atoms with E-state index >= 15 is 0 Å². The molecule has 1 fully saturated rings. The highest BCUT2D eigenvalue weighted by atomic mass is 32.2. The Morgan fingerprint density at radius 1 is 1.50 bits per heavy atom. The summed E-state index contributed by atoms with van der Waals surface area (Å²) >= 11 is 0. The average Bonchev–Trinajstić information content (AvgIpc) is 2.39. The summed E-state index contributed by atoms with van der Waals surface area (Å²) in [7, 11) is -2.84. The first kappa shape index (κ1) is 16.5. The summed E-state index contributed by atoms with van der Waals surface area (Å²) in [5, 5.41) is 11.4. The molecule has 0 atom stereocenters. The van der Waals surface area contributed by atoms with Gasteiger partial charge in [-0.3, -0.25) is 4.90 Å². The van der Waals surface area contributed by atoms with Crippen LogP contribution in [-0.2, 0) is 14.9 Å². The fourth-order valence-electron chi connectivity index (χ4n) is 1.87. The Bertz CT molecular complexity index is 457. The summed E-state index contributed by atoms with van der Waals surface area (Å²) in [6, 6.07) is -0.277. The van der Waals surface area contributed by atoms with Gasteiger partial charge in [-0.2, -0.15) is 13.1 Å². The minimum absolute atomic E-state index is 0.108. The van der Waals surface area contributed by atoms with Crippen LogP contribution in [0, 0.1) is 0 Å². The third-order valence-electron chi connectivity index (χ3n) is 2.83. The Morgan fingerprint density at radius 2 is 2.10 bits per heavy atom. The molecule has 1 amide bonds. The van der Waals surface area contributed by atoms with E-state index < -0.39 is 16.3 Å². The van der Waals surface area contributed by atoms with Crippen LogP contribution in [0.2, 0.25) is 0 Å². The molecular weight excluding hydrogens is 290 g/mol. The number of carbonyl (C=O) groups is 1. The minimum atomic E-state index is -3.92. The summed E-state index contributed by atoms with van der Waals surface area (Å²) in [5.41, 5.74) is 5.40. The summed E-state index contributed by atoms with van der Waals surface area (Å²) in [4.78, 5) is 12.8. The predicted octanol–water partition coefficient (Wildman–Crippen LogP) is -1.61. The zero-order valence-electron chi connectivity index (χ0n) is 11.1. The molecular formula is C9H19N5O5S.